The fourth-order valence-electron chi connectivity index (χ4n) is 2.39. The average Bonchev–Trinajstić information content (AvgIpc) is 2.55. The molecule has 0 aromatic carbocycles. The third kappa shape index (κ3) is 1.64. The van der Waals surface area contributed by atoms with E-state index >= 15 is 0 Å². The Labute approximate surface area is 79.2 Å². The van der Waals surface area contributed by atoms with Gasteiger partial charge in [-0.05, 0) is 25.7 Å². The van der Waals surface area contributed by atoms with E-state index in [0.29, 0.717) is 0 Å². The van der Waals surface area contributed by atoms with Gasteiger partial charge in [-0.3, -0.25) is 0 Å². The van der Waals surface area contributed by atoms with Crippen LogP contribution in [0.2, 0.25) is 0 Å². The summed E-state index contributed by atoms with van der Waals surface area (Å²) in [7, 11) is 0. The molecule has 1 aliphatic carbocycles. The fraction of sp³-hybridized carbons (Fsp3) is 1.00. The highest BCUT2D eigenvalue weighted by atomic mass is 32.2. The van der Waals surface area contributed by atoms with Gasteiger partial charge in [0.25, 0.3) is 0 Å². The highest BCUT2D eigenvalue weighted by Crippen LogP contribution is 2.45. The minimum atomic E-state index is 0.181. The van der Waals surface area contributed by atoms with Crippen LogP contribution in [0.25, 0.3) is 0 Å². The lowest BCUT2D eigenvalue weighted by atomic mass is 9.85. The largest absolute Gasteiger partial charge is 0.363 e. The van der Waals surface area contributed by atoms with E-state index in [1.54, 1.807) is 0 Å². The molecule has 2 aliphatic rings. The van der Waals surface area contributed by atoms with E-state index in [0.717, 1.165) is 12.5 Å². The van der Waals surface area contributed by atoms with Crippen LogP contribution in [0.3, 0.4) is 0 Å². The minimum absolute atomic E-state index is 0.181. The van der Waals surface area contributed by atoms with Gasteiger partial charge in [0.2, 0.25) is 0 Å². The number of ether oxygens (including phenoxy) is 1. The molecule has 0 amide bonds. The summed E-state index contributed by atoms with van der Waals surface area (Å²) in [6, 6.07) is 0. The molecule has 1 heterocycles. The number of thioether (sulfide) groups is 1. The second-order valence-electron chi connectivity index (χ2n) is 4.05. The third-order valence-electron chi connectivity index (χ3n) is 3.21. The monoisotopic (exact) mass is 186 g/mol. The topological polar surface area (TPSA) is 9.23 Å². The van der Waals surface area contributed by atoms with Gasteiger partial charge in [0, 0.05) is 5.75 Å². The normalized spacial score (nSPS) is 38.8. The lowest BCUT2D eigenvalue weighted by Gasteiger charge is -2.35. The van der Waals surface area contributed by atoms with Crippen LogP contribution < -0.4 is 0 Å². The molecule has 1 nitrogen and oxygen atoms in total. The molecule has 12 heavy (non-hydrogen) atoms. The van der Waals surface area contributed by atoms with Gasteiger partial charge in [0.05, 0.1) is 6.61 Å². The maximum absolute atomic E-state index is 5.84. The molecule has 2 rings (SSSR count). The Hall–Kier alpha value is 0.310. The molecule has 70 valence electrons. The minimum Gasteiger partial charge on any atom is -0.363 e. The average molecular weight is 186 g/mol. The summed E-state index contributed by atoms with van der Waals surface area (Å²) in [5.41, 5.74) is 0. The predicted octanol–water partition coefficient (Wildman–Crippen LogP) is 3.05. The van der Waals surface area contributed by atoms with Crippen molar-refractivity contribution in [2.45, 2.75) is 44.0 Å². The number of hydrogen-bond acceptors (Lipinski definition) is 2. The van der Waals surface area contributed by atoms with E-state index in [-0.39, 0.29) is 4.93 Å². The molecule has 0 N–H and O–H groups in total. The van der Waals surface area contributed by atoms with E-state index < -0.39 is 0 Å². The standard InChI is InChI=1S/C10H18OS/c1-10(11-7-8-12-10)9-5-3-2-4-6-9/h9H,2-8H2,1H3. The first-order valence-corrected chi connectivity index (χ1v) is 6.08. The van der Waals surface area contributed by atoms with E-state index in [2.05, 4.69) is 6.92 Å². The van der Waals surface area contributed by atoms with Crippen LogP contribution in [0.1, 0.15) is 39.0 Å². The fourth-order valence-corrected chi connectivity index (χ4v) is 3.60. The Morgan fingerprint density at radius 1 is 1.25 bits per heavy atom. The molecule has 1 aliphatic heterocycles. The number of rotatable bonds is 1. The van der Waals surface area contributed by atoms with Gasteiger partial charge in [0.1, 0.15) is 4.93 Å². The van der Waals surface area contributed by atoms with Crippen LogP contribution in [0, 0.1) is 5.92 Å². The number of hydrogen-bond donors (Lipinski definition) is 0. The molecule has 1 saturated carbocycles. The Morgan fingerprint density at radius 3 is 2.58 bits per heavy atom. The van der Waals surface area contributed by atoms with Crippen LogP contribution in [0.15, 0.2) is 0 Å². The van der Waals surface area contributed by atoms with Gasteiger partial charge < -0.3 is 4.74 Å². The van der Waals surface area contributed by atoms with Gasteiger partial charge in [-0.25, -0.2) is 0 Å². The van der Waals surface area contributed by atoms with E-state index in [4.69, 9.17) is 4.74 Å². The predicted molar refractivity (Wildman–Crippen MR) is 53.4 cm³/mol. The highest BCUT2D eigenvalue weighted by Gasteiger charge is 2.39. The Morgan fingerprint density at radius 2 is 2.00 bits per heavy atom. The van der Waals surface area contributed by atoms with Crippen LogP contribution in [-0.4, -0.2) is 17.3 Å². The Kier molecular flexibility index (Phi) is 2.66. The zero-order chi connectivity index (χ0) is 8.44. The highest BCUT2D eigenvalue weighted by molar-refractivity contribution is 8.00. The maximum atomic E-state index is 5.84. The van der Waals surface area contributed by atoms with Crippen LogP contribution in [0.5, 0.6) is 0 Å². The summed E-state index contributed by atoms with van der Waals surface area (Å²) in [5, 5.41) is 0. The van der Waals surface area contributed by atoms with Gasteiger partial charge in [0.15, 0.2) is 0 Å². The van der Waals surface area contributed by atoms with Crippen molar-refractivity contribution in [3.05, 3.63) is 0 Å². The molecule has 2 fully saturated rings. The summed E-state index contributed by atoms with van der Waals surface area (Å²) in [6.07, 6.45) is 7.07. The van der Waals surface area contributed by atoms with Crippen molar-refractivity contribution >= 4 is 11.8 Å². The summed E-state index contributed by atoms with van der Waals surface area (Å²) in [4.78, 5) is 0.181. The SMILES string of the molecule is CC1(C2CCCCC2)OCCS1. The summed E-state index contributed by atoms with van der Waals surface area (Å²) >= 11 is 2.03. The second-order valence-corrected chi connectivity index (χ2v) is 5.56. The zero-order valence-corrected chi connectivity index (χ0v) is 8.66. The summed E-state index contributed by atoms with van der Waals surface area (Å²) in [6.45, 7) is 3.26. The quantitative estimate of drug-likeness (QED) is 0.622. The van der Waals surface area contributed by atoms with E-state index in [9.17, 15) is 0 Å². The zero-order valence-electron chi connectivity index (χ0n) is 7.84. The first-order valence-electron chi connectivity index (χ1n) is 5.09. The van der Waals surface area contributed by atoms with E-state index in [1.165, 1.54) is 37.9 Å². The van der Waals surface area contributed by atoms with Crippen molar-refractivity contribution in [2.75, 3.05) is 12.4 Å². The molecule has 0 aromatic rings. The smallest absolute Gasteiger partial charge is 0.113 e. The lowest BCUT2D eigenvalue weighted by molar-refractivity contribution is 0.00697. The molecular weight excluding hydrogens is 168 g/mol. The van der Waals surface area contributed by atoms with Crippen molar-refractivity contribution in [2.24, 2.45) is 5.92 Å². The molecule has 0 radical (unpaired) electrons. The lowest BCUT2D eigenvalue weighted by Crippen LogP contribution is -2.32. The van der Waals surface area contributed by atoms with Crippen LogP contribution in [0.4, 0.5) is 0 Å². The molecule has 2 heteroatoms. The van der Waals surface area contributed by atoms with Crippen LogP contribution >= 0.6 is 11.8 Å². The molecule has 1 saturated heterocycles. The maximum Gasteiger partial charge on any atom is 0.113 e. The van der Waals surface area contributed by atoms with Crippen LogP contribution in [-0.2, 0) is 4.74 Å². The molecule has 0 bridgehead atoms. The van der Waals surface area contributed by atoms with Gasteiger partial charge in [-0.1, -0.05) is 19.3 Å². The third-order valence-corrected chi connectivity index (χ3v) is 4.60. The summed E-state index contributed by atoms with van der Waals surface area (Å²) in [5.74, 6) is 2.03. The molecule has 1 unspecified atom stereocenters. The van der Waals surface area contributed by atoms with E-state index in [1.807, 2.05) is 11.8 Å². The van der Waals surface area contributed by atoms with Crippen molar-refractivity contribution in [1.29, 1.82) is 0 Å². The van der Waals surface area contributed by atoms with Crippen molar-refractivity contribution < 1.29 is 4.74 Å². The first-order chi connectivity index (χ1) is 5.81. The van der Waals surface area contributed by atoms with Gasteiger partial charge >= 0.3 is 0 Å². The van der Waals surface area contributed by atoms with Gasteiger partial charge in [-0.2, -0.15) is 0 Å². The molecule has 1 atom stereocenters. The molecule has 0 aromatic heterocycles. The Bertz CT molecular complexity index is 146. The molecule has 0 spiro atoms. The summed E-state index contributed by atoms with van der Waals surface area (Å²) < 4.78 is 5.84. The Balaban J connectivity index is 1.96. The van der Waals surface area contributed by atoms with Crippen molar-refractivity contribution in [3.8, 4) is 0 Å². The van der Waals surface area contributed by atoms with Gasteiger partial charge in [-0.15, -0.1) is 11.8 Å². The van der Waals surface area contributed by atoms with Crippen molar-refractivity contribution in [1.82, 2.24) is 0 Å². The van der Waals surface area contributed by atoms with Crippen molar-refractivity contribution in [3.63, 3.8) is 0 Å². The first kappa shape index (κ1) is 8.89. The molecular formula is C10H18OS. The second kappa shape index (κ2) is 3.59.